The third kappa shape index (κ3) is 6.18. The maximum atomic E-state index is 2.44. The molecular formula is C64H42N2. The number of hydrogen-bond acceptors (Lipinski definition) is 1. The van der Waals surface area contributed by atoms with Gasteiger partial charge in [-0.05, 0) is 120 Å². The van der Waals surface area contributed by atoms with Gasteiger partial charge in [0.2, 0.25) is 0 Å². The average molecular weight is 839 g/mol. The summed E-state index contributed by atoms with van der Waals surface area (Å²) in [5.41, 5.74) is 14.0. The van der Waals surface area contributed by atoms with Gasteiger partial charge in [0.05, 0.1) is 16.7 Å². The summed E-state index contributed by atoms with van der Waals surface area (Å²) in [6, 6.07) is 93.2. The molecule has 308 valence electrons. The molecule has 0 atom stereocenters. The maximum Gasteiger partial charge on any atom is 0.0619 e. The zero-order valence-corrected chi connectivity index (χ0v) is 36.1. The van der Waals surface area contributed by atoms with E-state index in [0.29, 0.717) is 0 Å². The number of nitrogens with zero attached hydrogens (tertiary/aromatic N) is 2. The Morgan fingerprint density at radius 2 is 0.803 bits per heavy atom. The van der Waals surface area contributed by atoms with E-state index < -0.39 is 0 Å². The fourth-order valence-electron chi connectivity index (χ4n) is 10.5. The van der Waals surface area contributed by atoms with E-state index in [1.165, 1.54) is 87.1 Å². The molecule has 0 bridgehead atoms. The lowest BCUT2D eigenvalue weighted by Crippen LogP contribution is -2.11. The zero-order chi connectivity index (χ0) is 43.6. The van der Waals surface area contributed by atoms with Gasteiger partial charge in [-0.25, -0.2) is 0 Å². The Kier molecular flexibility index (Phi) is 8.89. The van der Waals surface area contributed by atoms with Crippen LogP contribution in [0.15, 0.2) is 255 Å². The Morgan fingerprint density at radius 3 is 1.56 bits per heavy atom. The van der Waals surface area contributed by atoms with Crippen molar-refractivity contribution >= 4 is 82.0 Å². The standard InChI is InChI=1S/C64H42N2/c1-2-14-43(15-3-1)44-28-35-50(36-29-44)65(51-37-32-48(33-38-51)60-42-49-27-26-45-16-4-6-19-54(45)63(49)58-23-9-8-21-56(58)60)61-24-12-10-18-53(61)47-30-39-52(40-31-47)66-62-25-13-11-22-57(62)59-41-34-46-17-5-7-20-55(46)64(59)66/h1-42H. The van der Waals surface area contributed by atoms with Gasteiger partial charge in [0, 0.05) is 38.8 Å². The topological polar surface area (TPSA) is 8.17 Å². The van der Waals surface area contributed by atoms with Crippen LogP contribution in [0.1, 0.15) is 0 Å². The van der Waals surface area contributed by atoms with Crippen molar-refractivity contribution in [2.24, 2.45) is 0 Å². The van der Waals surface area contributed by atoms with Gasteiger partial charge >= 0.3 is 0 Å². The Bertz CT molecular complexity index is 3960. The lowest BCUT2D eigenvalue weighted by atomic mass is 9.90. The Morgan fingerprint density at radius 1 is 0.288 bits per heavy atom. The second kappa shape index (κ2) is 15.5. The molecule has 1 aromatic heterocycles. The van der Waals surface area contributed by atoms with Crippen molar-refractivity contribution in [3.63, 3.8) is 0 Å². The Labute approximate surface area is 383 Å². The molecule has 66 heavy (non-hydrogen) atoms. The van der Waals surface area contributed by atoms with Crippen molar-refractivity contribution in [1.29, 1.82) is 0 Å². The summed E-state index contributed by atoms with van der Waals surface area (Å²) in [5, 5.41) is 12.7. The molecule has 0 aliphatic heterocycles. The van der Waals surface area contributed by atoms with Gasteiger partial charge in [0.15, 0.2) is 0 Å². The van der Waals surface area contributed by atoms with Crippen LogP contribution in [0.25, 0.3) is 104 Å². The number of fused-ring (bicyclic) bond motifs is 10. The van der Waals surface area contributed by atoms with E-state index in [1.807, 2.05) is 0 Å². The van der Waals surface area contributed by atoms with Crippen LogP contribution in [-0.2, 0) is 0 Å². The SMILES string of the molecule is c1ccc(-c2ccc(N(c3ccc(-c4cc5ccc6ccccc6c5c5ccccc45)cc3)c3ccccc3-c3ccc(-n4c5ccccc5c5ccc6ccccc6c54)cc3)cc2)cc1. The summed E-state index contributed by atoms with van der Waals surface area (Å²) in [5.74, 6) is 0. The van der Waals surface area contributed by atoms with Crippen LogP contribution in [0.4, 0.5) is 17.1 Å². The lowest BCUT2D eigenvalue weighted by molar-refractivity contribution is 1.19. The molecule has 0 radical (unpaired) electrons. The third-order valence-corrected chi connectivity index (χ3v) is 13.6. The molecule has 0 saturated heterocycles. The number of aromatic nitrogens is 1. The normalized spacial score (nSPS) is 11.6. The van der Waals surface area contributed by atoms with Crippen molar-refractivity contribution in [1.82, 2.24) is 4.57 Å². The first-order valence-corrected chi connectivity index (χ1v) is 22.8. The first kappa shape index (κ1) is 37.8. The third-order valence-electron chi connectivity index (χ3n) is 13.6. The second-order valence-corrected chi connectivity index (χ2v) is 17.2. The summed E-state index contributed by atoms with van der Waals surface area (Å²) in [6.07, 6.45) is 0. The fraction of sp³-hybridized carbons (Fsp3) is 0. The zero-order valence-electron chi connectivity index (χ0n) is 36.1. The predicted molar refractivity (Wildman–Crippen MR) is 282 cm³/mol. The minimum Gasteiger partial charge on any atom is -0.310 e. The molecule has 0 spiro atoms. The summed E-state index contributed by atoms with van der Waals surface area (Å²) in [4.78, 5) is 2.41. The van der Waals surface area contributed by atoms with Gasteiger partial charge in [0.25, 0.3) is 0 Å². The molecule has 2 nitrogen and oxygen atoms in total. The van der Waals surface area contributed by atoms with Crippen molar-refractivity contribution in [2.45, 2.75) is 0 Å². The molecular weight excluding hydrogens is 797 g/mol. The smallest absolute Gasteiger partial charge is 0.0619 e. The molecule has 0 fully saturated rings. The fourth-order valence-corrected chi connectivity index (χ4v) is 10.5. The van der Waals surface area contributed by atoms with Crippen molar-refractivity contribution in [3.05, 3.63) is 255 Å². The van der Waals surface area contributed by atoms with Crippen LogP contribution in [-0.4, -0.2) is 4.57 Å². The van der Waals surface area contributed by atoms with Crippen LogP contribution in [0.5, 0.6) is 0 Å². The van der Waals surface area contributed by atoms with E-state index in [9.17, 15) is 0 Å². The Hall–Kier alpha value is -8.72. The summed E-state index contributed by atoms with van der Waals surface area (Å²) in [7, 11) is 0. The summed E-state index contributed by atoms with van der Waals surface area (Å²) < 4.78 is 2.44. The Balaban J connectivity index is 0.939. The van der Waals surface area contributed by atoms with Crippen molar-refractivity contribution in [3.8, 4) is 39.1 Å². The summed E-state index contributed by atoms with van der Waals surface area (Å²) in [6.45, 7) is 0. The highest BCUT2D eigenvalue weighted by atomic mass is 15.1. The molecule has 0 saturated carbocycles. The van der Waals surface area contributed by atoms with E-state index in [-0.39, 0.29) is 0 Å². The highest BCUT2D eigenvalue weighted by Crippen LogP contribution is 2.44. The van der Waals surface area contributed by atoms with E-state index in [1.54, 1.807) is 0 Å². The second-order valence-electron chi connectivity index (χ2n) is 17.2. The molecule has 13 rings (SSSR count). The van der Waals surface area contributed by atoms with Crippen LogP contribution < -0.4 is 4.90 Å². The first-order chi connectivity index (χ1) is 32.7. The van der Waals surface area contributed by atoms with Crippen LogP contribution in [0.2, 0.25) is 0 Å². The number of benzene rings is 12. The highest BCUT2D eigenvalue weighted by molar-refractivity contribution is 6.23. The maximum absolute atomic E-state index is 2.44. The van der Waals surface area contributed by atoms with E-state index >= 15 is 0 Å². The largest absolute Gasteiger partial charge is 0.310 e. The molecule has 2 heteroatoms. The summed E-state index contributed by atoms with van der Waals surface area (Å²) >= 11 is 0. The molecule has 0 N–H and O–H groups in total. The average Bonchev–Trinajstić information content (AvgIpc) is 3.74. The number of rotatable bonds is 7. The van der Waals surface area contributed by atoms with E-state index in [0.717, 1.165) is 33.9 Å². The number of para-hydroxylation sites is 2. The van der Waals surface area contributed by atoms with Gasteiger partial charge in [-0.2, -0.15) is 0 Å². The monoisotopic (exact) mass is 838 g/mol. The molecule has 0 unspecified atom stereocenters. The number of hydrogen-bond donors (Lipinski definition) is 0. The molecule has 0 amide bonds. The molecule has 13 aromatic rings. The van der Waals surface area contributed by atoms with Gasteiger partial charge < -0.3 is 9.47 Å². The molecule has 0 aliphatic carbocycles. The minimum atomic E-state index is 1.09. The van der Waals surface area contributed by atoms with Crippen LogP contribution in [0, 0.1) is 0 Å². The van der Waals surface area contributed by atoms with Crippen LogP contribution in [0.3, 0.4) is 0 Å². The van der Waals surface area contributed by atoms with Crippen LogP contribution >= 0.6 is 0 Å². The van der Waals surface area contributed by atoms with E-state index in [2.05, 4.69) is 264 Å². The lowest BCUT2D eigenvalue weighted by Gasteiger charge is -2.28. The minimum absolute atomic E-state index is 1.09. The molecule has 0 aliphatic rings. The van der Waals surface area contributed by atoms with E-state index in [4.69, 9.17) is 0 Å². The highest BCUT2D eigenvalue weighted by Gasteiger charge is 2.20. The van der Waals surface area contributed by atoms with Crippen molar-refractivity contribution in [2.75, 3.05) is 4.90 Å². The number of anilines is 3. The molecule has 12 aromatic carbocycles. The van der Waals surface area contributed by atoms with Gasteiger partial charge in [0.1, 0.15) is 0 Å². The van der Waals surface area contributed by atoms with Gasteiger partial charge in [-0.1, -0.05) is 200 Å². The first-order valence-electron chi connectivity index (χ1n) is 22.8. The van der Waals surface area contributed by atoms with Gasteiger partial charge in [-0.15, -0.1) is 0 Å². The van der Waals surface area contributed by atoms with Crippen molar-refractivity contribution < 1.29 is 0 Å². The van der Waals surface area contributed by atoms with Gasteiger partial charge in [-0.3, -0.25) is 0 Å². The molecule has 1 heterocycles. The quantitative estimate of drug-likeness (QED) is 0.145. The predicted octanol–water partition coefficient (Wildman–Crippen LogP) is 17.9.